The molecule has 0 aliphatic rings. The van der Waals surface area contributed by atoms with Gasteiger partial charge in [0.15, 0.2) is 0 Å². The van der Waals surface area contributed by atoms with Gasteiger partial charge in [-0.1, -0.05) is 42.5 Å². The first-order chi connectivity index (χ1) is 12.3. The summed E-state index contributed by atoms with van der Waals surface area (Å²) in [7, 11) is 1.67. The van der Waals surface area contributed by atoms with Crippen LogP contribution in [0.25, 0.3) is 22.4 Å². The molecule has 1 N–H and O–H groups in total. The predicted octanol–water partition coefficient (Wildman–Crippen LogP) is 4.73. The molecule has 134 valence electrons. The molecule has 26 heavy (non-hydrogen) atoms. The second kappa shape index (κ2) is 6.67. The summed E-state index contributed by atoms with van der Waals surface area (Å²) in [4.78, 5) is 11.6. The summed E-state index contributed by atoms with van der Waals surface area (Å²) in [5, 5.41) is 7.18. The van der Waals surface area contributed by atoms with Crippen molar-refractivity contribution in [3.63, 3.8) is 0 Å². The molecule has 0 atom stereocenters. The summed E-state index contributed by atoms with van der Waals surface area (Å²) in [6, 6.07) is 14.1. The van der Waals surface area contributed by atoms with E-state index < -0.39 is 11.7 Å². The average Bonchev–Trinajstić information content (AvgIpc) is 2.91. The van der Waals surface area contributed by atoms with Crippen molar-refractivity contribution < 1.29 is 18.0 Å². The second-order valence-electron chi connectivity index (χ2n) is 5.82. The van der Waals surface area contributed by atoms with Crippen molar-refractivity contribution >= 4 is 11.7 Å². The quantitative estimate of drug-likeness (QED) is 0.735. The van der Waals surface area contributed by atoms with E-state index in [2.05, 4.69) is 10.4 Å². The number of nitrogens with one attached hydrogen (secondary N) is 1. The maximum Gasteiger partial charge on any atom is 0.416 e. The molecule has 3 rings (SSSR count). The van der Waals surface area contributed by atoms with Crippen molar-refractivity contribution in [2.45, 2.75) is 13.1 Å². The number of amides is 1. The van der Waals surface area contributed by atoms with Gasteiger partial charge in [0.25, 0.3) is 0 Å². The SMILES string of the molecule is CC(=O)Nc1c(-c2ccc(C(F)(F)F)cc2)c(-c2ccccc2)nn1C. The molecule has 2 aromatic carbocycles. The number of hydrogen-bond donors (Lipinski definition) is 1. The van der Waals surface area contributed by atoms with Crippen LogP contribution in [0.1, 0.15) is 12.5 Å². The molecule has 1 heterocycles. The number of alkyl halides is 3. The van der Waals surface area contributed by atoms with Crippen molar-refractivity contribution in [2.24, 2.45) is 7.05 Å². The molecule has 0 saturated heterocycles. The van der Waals surface area contributed by atoms with Gasteiger partial charge in [-0.05, 0) is 17.7 Å². The number of anilines is 1. The fraction of sp³-hybridized carbons (Fsp3) is 0.158. The van der Waals surface area contributed by atoms with Gasteiger partial charge >= 0.3 is 6.18 Å². The number of carbonyl (C=O) groups excluding carboxylic acids is 1. The van der Waals surface area contributed by atoms with Crippen molar-refractivity contribution in [1.29, 1.82) is 0 Å². The molecule has 4 nitrogen and oxygen atoms in total. The van der Waals surface area contributed by atoms with Crippen LogP contribution < -0.4 is 5.32 Å². The Bertz CT molecular complexity index is 929. The van der Waals surface area contributed by atoms with Crippen LogP contribution in [-0.2, 0) is 18.0 Å². The van der Waals surface area contributed by atoms with E-state index in [1.54, 1.807) is 7.05 Å². The van der Waals surface area contributed by atoms with E-state index in [4.69, 9.17) is 0 Å². The van der Waals surface area contributed by atoms with Crippen LogP contribution >= 0.6 is 0 Å². The molecule has 0 unspecified atom stereocenters. The number of hydrogen-bond acceptors (Lipinski definition) is 2. The summed E-state index contributed by atoms with van der Waals surface area (Å²) in [6.45, 7) is 1.37. The zero-order valence-electron chi connectivity index (χ0n) is 14.1. The molecular formula is C19H16F3N3O. The number of benzene rings is 2. The molecule has 0 saturated carbocycles. The number of aromatic nitrogens is 2. The number of nitrogens with zero attached hydrogens (tertiary/aromatic N) is 2. The number of halogens is 3. The monoisotopic (exact) mass is 359 g/mol. The highest BCUT2D eigenvalue weighted by Crippen LogP contribution is 2.38. The minimum Gasteiger partial charge on any atom is -0.311 e. The molecule has 0 aliphatic carbocycles. The van der Waals surface area contributed by atoms with Gasteiger partial charge in [-0.25, -0.2) is 0 Å². The van der Waals surface area contributed by atoms with E-state index in [-0.39, 0.29) is 5.91 Å². The third-order valence-corrected chi connectivity index (χ3v) is 3.89. The predicted molar refractivity (Wildman–Crippen MR) is 93.4 cm³/mol. The van der Waals surface area contributed by atoms with Gasteiger partial charge in [0.05, 0.1) is 11.1 Å². The van der Waals surface area contributed by atoms with Gasteiger partial charge in [-0.2, -0.15) is 18.3 Å². The molecule has 1 amide bonds. The van der Waals surface area contributed by atoms with E-state index in [1.165, 1.54) is 23.7 Å². The van der Waals surface area contributed by atoms with Crippen LogP contribution in [0.4, 0.5) is 19.0 Å². The molecule has 7 heteroatoms. The van der Waals surface area contributed by atoms with Crippen LogP contribution in [0, 0.1) is 0 Å². The smallest absolute Gasteiger partial charge is 0.311 e. The van der Waals surface area contributed by atoms with Crippen molar-refractivity contribution in [3.8, 4) is 22.4 Å². The first kappa shape index (κ1) is 17.7. The lowest BCUT2D eigenvalue weighted by Gasteiger charge is -2.10. The van der Waals surface area contributed by atoms with E-state index >= 15 is 0 Å². The Labute approximate surface area is 148 Å². The molecule has 0 aliphatic heterocycles. The average molecular weight is 359 g/mol. The van der Waals surface area contributed by atoms with Crippen molar-refractivity contribution in [3.05, 3.63) is 60.2 Å². The van der Waals surface area contributed by atoms with Crippen LogP contribution in [0.5, 0.6) is 0 Å². The van der Waals surface area contributed by atoms with E-state index in [1.807, 2.05) is 30.3 Å². The van der Waals surface area contributed by atoms with Crippen molar-refractivity contribution in [1.82, 2.24) is 9.78 Å². The molecule has 0 radical (unpaired) electrons. The lowest BCUT2D eigenvalue weighted by Crippen LogP contribution is -2.10. The Morgan fingerprint density at radius 2 is 1.62 bits per heavy atom. The highest BCUT2D eigenvalue weighted by atomic mass is 19.4. The largest absolute Gasteiger partial charge is 0.416 e. The fourth-order valence-electron chi connectivity index (χ4n) is 2.73. The van der Waals surface area contributed by atoms with E-state index in [0.29, 0.717) is 22.6 Å². The zero-order valence-corrected chi connectivity index (χ0v) is 14.1. The van der Waals surface area contributed by atoms with Crippen LogP contribution in [0.15, 0.2) is 54.6 Å². The Morgan fingerprint density at radius 3 is 2.15 bits per heavy atom. The lowest BCUT2D eigenvalue weighted by molar-refractivity contribution is -0.137. The van der Waals surface area contributed by atoms with Crippen LogP contribution in [0.3, 0.4) is 0 Å². The minimum atomic E-state index is -4.41. The second-order valence-corrected chi connectivity index (χ2v) is 5.82. The van der Waals surface area contributed by atoms with E-state index in [0.717, 1.165) is 17.7 Å². The minimum absolute atomic E-state index is 0.291. The van der Waals surface area contributed by atoms with Gasteiger partial charge in [0, 0.05) is 19.5 Å². The third kappa shape index (κ3) is 3.46. The Kier molecular flexibility index (Phi) is 4.54. The van der Waals surface area contributed by atoms with Crippen LogP contribution in [0.2, 0.25) is 0 Å². The zero-order chi connectivity index (χ0) is 18.9. The van der Waals surface area contributed by atoms with Gasteiger partial charge in [-0.15, -0.1) is 0 Å². The molecule has 0 spiro atoms. The van der Waals surface area contributed by atoms with Gasteiger partial charge < -0.3 is 5.32 Å². The summed E-state index contributed by atoms with van der Waals surface area (Å²) < 4.78 is 40.1. The molecule has 3 aromatic rings. The first-order valence-electron chi connectivity index (χ1n) is 7.85. The van der Waals surface area contributed by atoms with Gasteiger partial charge in [-0.3, -0.25) is 9.48 Å². The van der Waals surface area contributed by atoms with Gasteiger partial charge in [0.1, 0.15) is 11.5 Å². The lowest BCUT2D eigenvalue weighted by atomic mass is 9.99. The number of aryl methyl sites for hydroxylation is 1. The Balaban J connectivity index is 2.19. The molecular weight excluding hydrogens is 343 g/mol. The number of rotatable bonds is 3. The first-order valence-corrected chi connectivity index (χ1v) is 7.85. The summed E-state index contributed by atoms with van der Waals surface area (Å²) in [5.41, 5.74) is 1.76. The van der Waals surface area contributed by atoms with Crippen LogP contribution in [-0.4, -0.2) is 15.7 Å². The topological polar surface area (TPSA) is 46.9 Å². The van der Waals surface area contributed by atoms with E-state index in [9.17, 15) is 18.0 Å². The highest BCUT2D eigenvalue weighted by Gasteiger charge is 2.30. The standard InChI is InChI=1S/C19H16F3N3O/c1-12(26)23-18-16(13-8-10-15(11-9-13)19(20,21)22)17(24-25(18)2)14-6-4-3-5-7-14/h3-11H,1-2H3,(H,23,26). The van der Waals surface area contributed by atoms with Crippen molar-refractivity contribution in [2.75, 3.05) is 5.32 Å². The maximum absolute atomic E-state index is 12.8. The Hall–Kier alpha value is -3.09. The molecule has 0 bridgehead atoms. The molecule has 1 aromatic heterocycles. The fourth-order valence-corrected chi connectivity index (χ4v) is 2.73. The number of carbonyl (C=O) groups is 1. The van der Waals surface area contributed by atoms with Gasteiger partial charge in [0.2, 0.25) is 5.91 Å². The molecule has 0 fully saturated rings. The summed E-state index contributed by atoms with van der Waals surface area (Å²) >= 11 is 0. The summed E-state index contributed by atoms with van der Waals surface area (Å²) in [6.07, 6.45) is -4.41. The summed E-state index contributed by atoms with van der Waals surface area (Å²) in [5.74, 6) is 0.136. The Morgan fingerprint density at radius 1 is 1.00 bits per heavy atom. The highest BCUT2D eigenvalue weighted by molar-refractivity contribution is 5.97. The maximum atomic E-state index is 12.8. The third-order valence-electron chi connectivity index (χ3n) is 3.89. The normalized spacial score (nSPS) is 11.4.